The molecule has 1 aromatic rings. The fourth-order valence-corrected chi connectivity index (χ4v) is 7.20. The fourth-order valence-electron chi connectivity index (χ4n) is 7.20. The van der Waals surface area contributed by atoms with Crippen molar-refractivity contribution in [3.05, 3.63) is 29.8 Å². The van der Waals surface area contributed by atoms with Crippen molar-refractivity contribution in [3.8, 4) is 5.75 Å². The van der Waals surface area contributed by atoms with Crippen LogP contribution in [0, 0.1) is 0 Å². The number of hydrogen-bond acceptors (Lipinski definition) is 6. The second kappa shape index (κ2) is 11.7. The molecule has 0 N–H and O–H groups in total. The fraction of sp³-hybridized carbons (Fsp3) is 0.812. The first-order valence-electron chi connectivity index (χ1n) is 15.3. The number of rotatable bonds is 10. The van der Waals surface area contributed by atoms with Gasteiger partial charge in [-0.05, 0) is 78.0 Å². The van der Waals surface area contributed by atoms with Crippen LogP contribution in [-0.2, 0) is 19.0 Å². The summed E-state index contributed by atoms with van der Waals surface area (Å²) in [4.78, 5) is 6.79. The van der Waals surface area contributed by atoms with Gasteiger partial charge in [0.2, 0.25) is 0 Å². The van der Waals surface area contributed by atoms with E-state index in [4.69, 9.17) is 23.8 Å². The summed E-state index contributed by atoms with van der Waals surface area (Å²) in [6, 6.07) is 8.29. The minimum absolute atomic E-state index is 0.0830. The zero-order chi connectivity index (χ0) is 26.8. The Kier molecular flexibility index (Phi) is 8.76. The molecule has 214 valence electrons. The predicted molar refractivity (Wildman–Crippen MR) is 149 cm³/mol. The van der Waals surface area contributed by atoms with Crippen LogP contribution in [0.25, 0.3) is 0 Å². The number of epoxide rings is 1. The molecule has 4 fully saturated rings. The summed E-state index contributed by atoms with van der Waals surface area (Å²) in [7, 11) is 0. The molecule has 0 spiro atoms. The Balaban J connectivity index is 1.29. The van der Waals surface area contributed by atoms with Gasteiger partial charge >= 0.3 is 0 Å². The van der Waals surface area contributed by atoms with E-state index in [1.165, 1.54) is 38.5 Å². The quantitative estimate of drug-likeness (QED) is 0.231. The minimum atomic E-state index is -0.565. The SMILES string of the molecule is CC(ON1C(C)(C)CC(OC2CCCCC2)(OC2CCCCC2)CC1(C)C)c1ccc(OCC2CO2)cc1. The van der Waals surface area contributed by atoms with Crippen molar-refractivity contribution in [2.75, 3.05) is 13.2 Å². The van der Waals surface area contributed by atoms with E-state index in [0.717, 1.165) is 56.4 Å². The van der Waals surface area contributed by atoms with Gasteiger partial charge in [0.25, 0.3) is 0 Å². The molecule has 4 aliphatic rings. The highest BCUT2D eigenvalue weighted by Gasteiger charge is 2.56. The number of benzene rings is 1. The van der Waals surface area contributed by atoms with E-state index in [9.17, 15) is 0 Å². The smallest absolute Gasteiger partial charge is 0.172 e. The molecular formula is C32H51NO5. The molecule has 0 amide bonds. The summed E-state index contributed by atoms with van der Waals surface area (Å²) in [5.41, 5.74) is 0.625. The monoisotopic (exact) mass is 529 g/mol. The van der Waals surface area contributed by atoms with Crippen LogP contribution in [0.1, 0.15) is 123 Å². The Morgan fingerprint density at radius 3 is 1.79 bits per heavy atom. The lowest BCUT2D eigenvalue weighted by atomic mass is 9.77. The summed E-state index contributed by atoms with van der Waals surface area (Å²) < 4.78 is 25.2. The first-order chi connectivity index (χ1) is 18.1. The average molecular weight is 530 g/mol. The third-order valence-corrected chi connectivity index (χ3v) is 8.82. The zero-order valence-electron chi connectivity index (χ0n) is 24.5. The molecule has 0 bridgehead atoms. The van der Waals surface area contributed by atoms with Crippen molar-refractivity contribution in [3.63, 3.8) is 0 Å². The van der Waals surface area contributed by atoms with Crippen molar-refractivity contribution < 1.29 is 23.8 Å². The highest BCUT2D eigenvalue weighted by molar-refractivity contribution is 5.28. The topological polar surface area (TPSA) is 52.7 Å². The highest BCUT2D eigenvalue weighted by atomic mass is 16.7. The van der Waals surface area contributed by atoms with Crippen LogP contribution in [0.15, 0.2) is 24.3 Å². The van der Waals surface area contributed by atoms with E-state index in [1.807, 2.05) is 12.1 Å². The van der Waals surface area contributed by atoms with E-state index in [-0.39, 0.29) is 23.3 Å². The van der Waals surface area contributed by atoms with Crippen molar-refractivity contribution in [2.45, 2.75) is 153 Å². The van der Waals surface area contributed by atoms with E-state index in [1.54, 1.807) is 0 Å². The molecule has 6 nitrogen and oxygen atoms in total. The number of ether oxygens (including phenoxy) is 4. The van der Waals surface area contributed by atoms with Gasteiger partial charge in [0.1, 0.15) is 24.6 Å². The summed E-state index contributed by atoms with van der Waals surface area (Å²) in [5.74, 6) is 0.310. The van der Waals surface area contributed by atoms with Gasteiger partial charge in [-0.3, -0.25) is 4.84 Å². The maximum absolute atomic E-state index is 7.06. The lowest BCUT2D eigenvalue weighted by molar-refractivity contribution is -0.383. The third kappa shape index (κ3) is 7.11. The minimum Gasteiger partial charge on any atom is -0.491 e. The third-order valence-electron chi connectivity index (χ3n) is 8.82. The molecular weight excluding hydrogens is 478 g/mol. The number of nitrogens with zero attached hydrogens (tertiary/aromatic N) is 1. The normalized spacial score (nSPS) is 28.6. The van der Waals surface area contributed by atoms with E-state index >= 15 is 0 Å². The molecule has 6 heteroatoms. The van der Waals surface area contributed by atoms with Gasteiger partial charge in [0.15, 0.2) is 5.79 Å². The number of hydrogen-bond donors (Lipinski definition) is 0. The van der Waals surface area contributed by atoms with Crippen LogP contribution in [0.5, 0.6) is 5.75 Å². The van der Waals surface area contributed by atoms with E-state index in [2.05, 4.69) is 51.8 Å². The molecule has 0 radical (unpaired) electrons. The molecule has 2 atom stereocenters. The Morgan fingerprint density at radius 2 is 1.32 bits per heavy atom. The predicted octanol–water partition coefficient (Wildman–Crippen LogP) is 7.50. The molecule has 2 unspecified atom stereocenters. The van der Waals surface area contributed by atoms with Crippen molar-refractivity contribution >= 4 is 0 Å². The highest BCUT2D eigenvalue weighted by Crippen LogP contribution is 2.49. The van der Waals surface area contributed by atoms with Crippen LogP contribution in [0.4, 0.5) is 0 Å². The number of hydroxylamine groups is 2. The molecule has 38 heavy (non-hydrogen) atoms. The summed E-state index contributed by atoms with van der Waals surface area (Å²) >= 11 is 0. The summed E-state index contributed by atoms with van der Waals surface area (Å²) in [6.07, 6.45) is 14.7. The molecule has 5 rings (SSSR count). The Bertz CT molecular complexity index is 844. The van der Waals surface area contributed by atoms with E-state index in [0.29, 0.717) is 18.8 Å². The molecule has 2 aliphatic heterocycles. The summed E-state index contributed by atoms with van der Waals surface area (Å²) in [6.45, 7) is 12.7. The van der Waals surface area contributed by atoms with Crippen molar-refractivity contribution in [1.29, 1.82) is 0 Å². The van der Waals surface area contributed by atoms with Gasteiger partial charge in [-0.15, -0.1) is 0 Å². The van der Waals surface area contributed by atoms with E-state index < -0.39 is 5.79 Å². The second-order valence-corrected chi connectivity index (χ2v) is 13.5. The molecule has 0 aromatic heterocycles. The zero-order valence-corrected chi connectivity index (χ0v) is 24.5. The summed E-state index contributed by atoms with van der Waals surface area (Å²) in [5, 5.41) is 2.24. The molecule has 2 saturated heterocycles. The molecule has 1 aromatic carbocycles. The van der Waals surface area contributed by atoms with Crippen LogP contribution in [0.2, 0.25) is 0 Å². The second-order valence-electron chi connectivity index (χ2n) is 13.5. The Hall–Kier alpha value is -1.18. The lowest BCUT2D eigenvalue weighted by Crippen LogP contribution is -2.67. The first kappa shape index (κ1) is 28.4. The van der Waals surface area contributed by atoms with Gasteiger partial charge in [-0.25, -0.2) is 0 Å². The Labute approximate surface area is 230 Å². The lowest BCUT2D eigenvalue weighted by Gasteiger charge is -2.59. The maximum Gasteiger partial charge on any atom is 0.172 e. The largest absolute Gasteiger partial charge is 0.491 e. The van der Waals surface area contributed by atoms with Crippen molar-refractivity contribution in [2.24, 2.45) is 0 Å². The van der Waals surface area contributed by atoms with Crippen molar-refractivity contribution in [1.82, 2.24) is 5.06 Å². The first-order valence-corrected chi connectivity index (χ1v) is 15.3. The van der Waals surface area contributed by atoms with Crippen LogP contribution >= 0.6 is 0 Å². The van der Waals surface area contributed by atoms with Crippen LogP contribution < -0.4 is 4.74 Å². The maximum atomic E-state index is 7.06. The standard InChI is InChI=1S/C32H51NO5/c1-24(25-16-18-26(19-17-25)34-20-29-21-35-29)38-33-30(2,3)22-32(23-31(33,4)5,36-27-12-8-6-9-13-27)37-28-14-10-7-11-15-28/h16-19,24,27-29H,6-15,20-23H2,1-5H3. The number of piperidine rings is 1. The molecule has 2 aliphatic carbocycles. The van der Waals surface area contributed by atoms with Gasteiger partial charge in [0, 0.05) is 23.9 Å². The van der Waals surface area contributed by atoms with Gasteiger partial charge in [-0.1, -0.05) is 50.7 Å². The molecule has 2 saturated carbocycles. The van der Waals surface area contributed by atoms with Gasteiger partial charge in [0.05, 0.1) is 18.8 Å². The van der Waals surface area contributed by atoms with Gasteiger partial charge in [-0.2, -0.15) is 5.06 Å². The van der Waals surface area contributed by atoms with Crippen LogP contribution in [-0.4, -0.2) is 53.5 Å². The average Bonchev–Trinajstić information content (AvgIpc) is 3.70. The molecule has 2 heterocycles. The van der Waals surface area contributed by atoms with Gasteiger partial charge < -0.3 is 18.9 Å². The Morgan fingerprint density at radius 1 is 0.816 bits per heavy atom. The van der Waals surface area contributed by atoms with Crippen LogP contribution in [0.3, 0.4) is 0 Å².